The normalized spacial score (nSPS) is 23.1. The van der Waals surface area contributed by atoms with Crippen LogP contribution >= 0.6 is 0 Å². The summed E-state index contributed by atoms with van der Waals surface area (Å²) in [5.74, 6) is 0.993. The summed E-state index contributed by atoms with van der Waals surface area (Å²) in [6.45, 7) is 3.55. The maximum Gasteiger partial charge on any atom is 0.317 e. The van der Waals surface area contributed by atoms with E-state index in [-0.39, 0.29) is 11.9 Å². The largest absolute Gasteiger partial charge is 0.341 e. The minimum atomic E-state index is 0.0186. The Hall–Kier alpha value is -2.04. The van der Waals surface area contributed by atoms with Crippen molar-refractivity contribution in [2.24, 2.45) is 5.92 Å². The Morgan fingerprint density at radius 2 is 1.76 bits per heavy atom. The van der Waals surface area contributed by atoms with Crippen molar-refractivity contribution in [2.45, 2.75) is 38.0 Å². The molecule has 0 aromatic heterocycles. The molecule has 134 valence electrons. The number of carbonyl (C=O) groups excluding carboxylic acids is 2. The molecule has 5 nitrogen and oxygen atoms in total. The Morgan fingerprint density at radius 1 is 1.00 bits per heavy atom. The molecule has 0 unspecified atom stereocenters. The van der Waals surface area contributed by atoms with E-state index in [4.69, 9.17) is 0 Å². The van der Waals surface area contributed by atoms with Crippen LogP contribution < -0.4 is 5.32 Å². The van der Waals surface area contributed by atoms with Crippen molar-refractivity contribution in [1.29, 1.82) is 0 Å². The number of carbonyl (C=O) groups is 2. The third kappa shape index (κ3) is 3.65. The highest BCUT2D eigenvalue weighted by molar-refractivity contribution is 5.81. The lowest BCUT2D eigenvalue weighted by Crippen LogP contribution is -2.43. The van der Waals surface area contributed by atoms with Crippen molar-refractivity contribution in [3.05, 3.63) is 35.4 Å². The molecule has 25 heavy (non-hydrogen) atoms. The topological polar surface area (TPSA) is 52.7 Å². The van der Waals surface area contributed by atoms with E-state index in [1.807, 2.05) is 9.80 Å². The van der Waals surface area contributed by atoms with E-state index in [9.17, 15) is 9.59 Å². The summed E-state index contributed by atoms with van der Waals surface area (Å²) in [6, 6.07) is 8.57. The standard InChI is InChI=1S/C20H27N3O2/c24-19(16-7-8-16)22-10-3-11-23(13-12-22)20(25)21-14-17-9-6-15-4-1-2-5-18(15)17/h1-2,4-5,16-17H,3,6-14H2,(H,21,25)/t17-/m0/s1. The van der Waals surface area contributed by atoms with E-state index in [1.54, 1.807) is 0 Å². The van der Waals surface area contributed by atoms with E-state index in [0.717, 1.165) is 45.2 Å². The van der Waals surface area contributed by atoms with Gasteiger partial charge in [0.1, 0.15) is 0 Å². The second kappa shape index (κ2) is 7.06. The van der Waals surface area contributed by atoms with Gasteiger partial charge in [0.2, 0.25) is 5.91 Å². The zero-order chi connectivity index (χ0) is 17.2. The van der Waals surface area contributed by atoms with E-state index in [0.29, 0.717) is 31.5 Å². The predicted octanol–water partition coefficient (Wildman–Crippen LogP) is 2.37. The summed E-state index contributed by atoms with van der Waals surface area (Å²) in [6.07, 6.45) is 5.19. The highest BCUT2D eigenvalue weighted by atomic mass is 16.2. The van der Waals surface area contributed by atoms with Gasteiger partial charge in [-0.15, -0.1) is 0 Å². The van der Waals surface area contributed by atoms with Gasteiger partial charge in [0.15, 0.2) is 0 Å². The molecule has 1 N–H and O–H groups in total. The van der Waals surface area contributed by atoms with Crippen LogP contribution in [-0.2, 0) is 11.2 Å². The fraction of sp³-hybridized carbons (Fsp3) is 0.600. The summed E-state index contributed by atoms with van der Waals surface area (Å²) in [5.41, 5.74) is 2.81. The van der Waals surface area contributed by atoms with Crippen LogP contribution in [0.25, 0.3) is 0 Å². The quantitative estimate of drug-likeness (QED) is 0.918. The van der Waals surface area contributed by atoms with Crippen LogP contribution in [0.1, 0.15) is 42.7 Å². The molecule has 1 saturated carbocycles. The Balaban J connectivity index is 1.28. The molecule has 0 radical (unpaired) electrons. The lowest BCUT2D eigenvalue weighted by molar-refractivity contribution is -0.132. The number of hydrogen-bond donors (Lipinski definition) is 1. The van der Waals surface area contributed by atoms with Gasteiger partial charge in [-0.2, -0.15) is 0 Å². The fourth-order valence-electron chi connectivity index (χ4n) is 4.11. The molecule has 5 heteroatoms. The van der Waals surface area contributed by atoms with Crippen molar-refractivity contribution in [3.8, 4) is 0 Å². The highest BCUT2D eigenvalue weighted by Gasteiger charge is 2.34. The maximum absolute atomic E-state index is 12.6. The first-order valence-electron chi connectivity index (χ1n) is 9.62. The van der Waals surface area contributed by atoms with Gasteiger partial charge in [0.05, 0.1) is 0 Å². The second-order valence-electron chi connectivity index (χ2n) is 7.56. The van der Waals surface area contributed by atoms with Crippen molar-refractivity contribution < 1.29 is 9.59 Å². The Kier molecular flexibility index (Phi) is 4.64. The van der Waals surface area contributed by atoms with Gasteiger partial charge in [-0.3, -0.25) is 4.79 Å². The number of urea groups is 1. The van der Waals surface area contributed by atoms with Crippen molar-refractivity contribution >= 4 is 11.9 Å². The molecule has 2 aliphatic carbocycles. The Bertz CT molecular complexity index is 656. The molecular weight excluding hydrogens is 314 g/mol. The smallest absolute Gasteiger partial charge is 0.317 e. The predicted molar refractivity (Wildman–Crippen MR) is 96.4 cm³/mol. The summed E-state index contributed by atoms with van der Waals surface area (Å²) < 4.78 is 0. The third-order valence-electron chi connectivity index (χ3n) is 5.78. The molecular formula is C20H27N3O2. The number of nitrogens with zero attached hydrogens (tertiary/aromatic N) is 2. The molecule has 0 spiro atoms. The molecule has 3 amide bonds. The summed E-state index contributed by atoms with van der Waals surface area (Å²) >= 11 is 0. The minimum absolute atomic E-state index is 0.0186. The van der Waals surface area contributed by atoms with Crippen molar-refractivity contribution in [3.63, 3.8) is 0 Å². The number of nitrogens with one attached hydrogen (secondary N) is 1. The lowest BCUT2D eigenvalue weighted by Gasteiger charge is -2.23. The fourth-order valence-corrected chi connectivity index (χ4v) is 4.11. The average Bonchev–Trinajstić information content (AvgIpc) is 3.43. The van der Waals surface area contributed by atoms with Gasteiger partial charge in [0, 0.05) is 44.6 Å². The first-order chi connectivity index (χ1) is 12.2. The van der Waals surface area contributed by atoms with Crippen LogP contribution in [0.2, 0.25) is 0 Å². The van der Waals surface area contributed by atoms with Crippen LogP contribution in [0.5, 0.6) is 0 Å². The number of aryl methyl sites for hydroxylation is 1. The molecule has 1 saturated heterocycles. The van der Waals surface area contributed by atoms with Gasteiger partial charge in [-0.05, 0) is 43.2 Å². The summed E-state index contributed by atoms with van der Waals surface area (Å²) in [5, 5.41) is 3.13. The summed E-state index contributed by atoms with van der Waals surface area (Å²) in [4.78, 5) is 28.6. The molecule has 2 fully saturated rings. The van der Waals surface area contributed by atoms with Crippen molar-refractivity contribution in [2.75, 3.05) is 32.7 Å². The molecule has 0 bridgehead atoms. The molecule has 1 heterocycles. The average molecular weight is 341 g/mol. The molecule has 1 aromatic carbocycles. The first-order valence-corrected chi connectivity index (χ1v) is 9.62. The van der Waals surface area contributed by atoms with Crippen LogP contribution in [-0.4, -0.2) is 54.5 Å². The van der Waals surface area contributed by atoms with Crippen LogP contribution in [0, 0.1) is 5.92 Å². The Labute approximate surface area is 149 Å². The number of hydrogen-bond acceptors (Lipinski definition) is 2. The van der Waals surface area contributed by atoms with Gasteiger partial charge in [-0.25, -0.2) is 4.79 Å². The van der Waals surface area contributed by atoms with Gasteiger partial charge >= 0.3 is 6.03 Å². The molecule has 1 aromatic rings. The van der Waals surface area contributed by atoms with E-state index in [2.05, 4.69) is 29.6 Å². The molecule has 4 rings (SSSR count). The SMILES string of the molecule is O=C(NC[C@@H]1CCc2ccccc21)N1CCCN(C(=O)C2CC2)CC1. The van der Waals surface area contributed by atoms with Gasteiger partial charge in [0.25, 0.3) is 0 Å². The molecule has 1 aliphatic heterocycles. The monoisotopic (exact) mass is 341 g/mol. The summed E-state index contributed by atoms with van der Waals surface area (Å²) in [7, 11) is 0. The molecule has 1 atom stereocenters. The highest BCUT2D eigenvalue weighted by Crippen LogP contribution is 2.32. The van der Waals surface area contributed by atoms with Crippen LogP contribution in [0.4, 0.5) is 4.79 Å². The number of rotatable bonds is 3. The third-order valence-corrected chi connectivity index (χ3v) is 5.78. The zero-order valence-corrected chi connectivity index (χ0v) is 14.7. The lowest BCUT2D eigenvalue weighted by atomic mass is 10.0. The van der Waals surface area contributed by atoms with Gasteiger partial charge in [-0.1, -0.05) is 24.3 Å². The number of benzene rings is 1. The van der Waals surface area contributed by atoms with Crippen LogP contribution in [0.15, 0.2) is 24.3 Å². The second-order valence-corrected chi connectivity index (χ2v) is 7.56. The number of amides is 3. The van der Waals surface area contributed by atoms with Crippen LogP contribution in [0.3, 0.4) is 0 Å². The number of fused-ring (bicyclic) bond motifs is 1. The van der Waals surface area contributed by atoms with Crippen molar-refractivity contribution in [1.82, 2.24) is 15.1 Å². The first kappa shape index (κ1) is 16.4. The zero-order valence-electron chi connectivity index (χ0n) is 14.7. The van der Waals surface area contributed by atoms with Gasteiger partial charge < -0.3 is 15.1 Å². The minimum Gasteiger partial charge on any atom is -0.341 e. The molecule has 3 aliphatic rings. The van der Waals surface area contributed by atoms with E-state index >= 15 is 0 Å². The Morgan fingerprint density at radius 3 is 2.60 bits per heavy atom. The van der Waals surface area contributed by atoms with E-state index in [1.165, 1.54) is 11.1 Å². The van der Waals surface area contributed by atoms with E-state index < -0.39 is 0 Å². The maximum atomic E-state index is 12.6.